The summed E-state index contributed by atoms with van der Waals surface area (Å²) in [5.41, 5.74) is 2.28. The topological polar surface area (TPSA) is 66.5 Å². The molecule has 1 aromatic carbocycles. The van der Waals surface area contributed by atoms with Gasteiger partial charge in [-0.25, -0.2) is 8.42 Å². The minimum absolute atomic E-state index is 0.168. The van der Waals surface area contributed by atoms with Gasteiger partial charge in [0.05, 0.1) is 16.9 Å². The van der Waals surface area contributed by atoms with Crippen LogP contribution in [0.4, 0.5) is 11.4 Å². The molecule has 27 heavy (non-hydrogen) atoms. The van der Waals surface area contributed by atoms with E-state index in [9.17, 15) is 13.2 Å². The highest BCUT2D eigenvalue weighted by atomic mass is 32.2. The van der Waals surface area contributed by atoms with Crippen molar-refractivity contribution >= 4 is 27.3 Å². The van der Waals surface area contributed by atoms with Crippen molar-refractivity contribution in [2.75, 3.05) is 21.9 Å². The Hall–Kier alpha value is -1.56. The van der Waals surface area contributed by atoms with E-state index >= 15 is 0 Å². The molecule has 1 heterocycles. The second-order valence-electron chi connectivity index (χ2n) is 9.39. The Kier molecular flexibility index (Phi) is 3.87. The van der Waals surface area contributed by atoms with Gasteiger partial charge in [0, 0.05) is 12.2 Å². The Morgan fingerprint density at radius 1 is 1.11 bits per heavy atom. The fourth-order valence-corrected chi connectivity index (χ4v) is 8.07. The van der Waals surface area contributed by atoms with Gasteiger partial charge in [-0.2, -0.15) is 0 Å². The summed E-state index contributed by atoms with van der Waals surface area (Å²) < 4.78 is 25.8. The molecule has 0 atom stereocenters. The van der Waals surface area contributed by atoms with Crippen LogP contribution in [-0.2, 0) is 14.8 Å². The largest absolute Gasteiger partial charge is 0.325 e. The monoisotopic (exact) mass is 388 g/mol. The predicted molar refractivity (Wildman–Crippen MR) is 106 cm³/mol. The molecule has 4 saturated carbocycles. The van der Waals surface area contributed by atoms with Crippen LogP contribution in [-0.4, -0.2) is 26.6 Å². The fraction of sp³-hybridized carbons (Fsp3) is 0.667. The molecule has 146 valence electrons. The Bertz CT molecular complexity index is 857. The number of nitrogens with one attached hydrogen (secondary N) is 1. The van der Waals surface area contributed by atoms with Crippen LogP contribution < -0.4 is 9.62 Å². The van der Waals surface area contributed by atoms with Crippen molar-refractivity contribution in [3.05, 3.63) is 23.8 Å². The maximum atomic E-state index is 13.2. The predicted octanol–water partition coefficient (Wildman–Crippen LogP) is 3.69. The van der Waals surface area contributed by atoms with Crippen LogP contribution in [0.3, 0.4) is 0 Å². The highest BCUT2D eigenvalue weighted by molar-refractivity contribution is 7.93. The molecule has 1 saturated heterocycles. The number of hydrogen-bond acceptors (Lipinski definition) is 3. The maximum Gasteiger partial charge on any atom is 0.235 e. The van der Waals surface area contributed by atoms with E-state index in [-0.39, 0.29) is 17.1 Å². The van der Waals surface area contributed by atoms with Crippen molar-refractivity contribution in [3.8, 4) is 0 Å². The van der Waals surface area contributed by atoms with E-state index in [0.29, 0.717) is 18.7 Å². The van der Waals surface area contributed by atoms with Crippen LogP contribution in [0.15, 0.2) is 18.2 Å². The Balaban J connectivity index is 1.36. The van der Waals surface area contributed by atoms with E-state index < -0.39 is 10.0 Å². The third-order valence-electron chi connectivity index (χ3n) is 7.37. The number of aryl methyl sites for hydroxylation is 1. The zero-order valence-corrected chi connectivity index (χ0v) is 16.7. The van der Waals surface area contributed by atoms with Gasteiger partial charge in [0.1, 0.15) is 0 Å². The number of hydrogen-bond donors (Lipinski definition) is 1. The maximum absolute atomic E-state index is 13.2. The standard InChI is InChI=1S/C21H28N2O3S/c1-14-7-18(23-5-2-6-27(23,25)26)3-4-19(14)22-20(24)21-11-15-8-16(12-21)10-17(9-15)13-21/h3-4,7,15-17H,2,5-6,8-13H2,1H3,(H,22,24). The SMILES string of the molecule is Cc1cc(N2CCCS2(=O)=O)ccc1NC(=O)C12CC3CC(CC(C3)C1)C2. The van der Waals surface area contributed by atoms with E-state index in [2.05, 4.69) is 5.32 Å². The molecule has 5 aliphatic rings. The zero-order chi connectivity index (χ0) is 18.8. The smallest absolute Gasteiger partial charge is 0.235 e. The first-order chi connectivity index (χ1) is 12.8. The second kappa shape index (κ2) is 5.97. The first-order valence-corrected chi connectivity index (χ1v) is 11.9. The van der Waals surface area contributed by atoms with Crippen LogP contribution >= 0.6 is 0 Å². The van der Waals surface area contributed by atoms with E-state index in [1.807, 2.05) is 25.1 Å². The lowest BCUT2D eigenvalue weighted by Crippen LogP contribution is -2.51. The Morgan fingerprint density at radius 3 is 2.26 bits per heavy atom. The molecule has 5 nitrogen and oxygen atoms in total. The van der Waals surface area contributed by atoms with Gasteiger partial charge >= 0.3 is 0 Å². The number of nitrogens with zero attached hydrogens (tertiary/aromatic N) is 1. The molecule has 5 fully saturated rings. The van der Waals surface area contributed by atoms with E-state index in [0.717, 1.165) is 48.3 Å². The molecule has 4 bridgehead atoms. The summed E-state index contributed by atoms with van der Waals surface area (Å²) in [6.45, 7) is 2.49. The summed E-state index contributed by atoms with van der Waals surface area (Å²) in [5, 5.41) is 3.20. The van der Waals surface area contributed by atoms with Gasteiger partial charge in [-0.1, -0.05) is 0 Å². The molecule has 6 heteroatoms. The van der Waals surface area contributed by atoms with Gasteiger partial charge in [-0.15, -0.1) is 0 Å². The average Bonchev–Trinajstić information content (AvgIpc) is 2.94. The van der Waals surface area contributed by atoms with Crippen LogP contribution in [0, 0.1) is 30.1 Å². The highest BCUT2D eigenvalue weighted by Gasteiger charge is 2.54. The summed E-state index contributed by atoms with van der Waals surface area (Å²) in [6.07, 6.45) is 7.79. The molecule has 0 aromatic heterocycles. The lowest BCUT2D eigenvalue weighted by Gasteiger charge is -2.55. The lowest BCUT2D eigenvalue weighted by atomic mass is 9.49. The third kappa shape index (κ3) is 2.87. The number of benzene rings is 1. The summed E-state index contributed by atoms with van der Waals surface area (Å²) in [5.74, 6) is 2.63. The molecule has 1 N–H and O–H groups in total. The third-order valence-corrected chi connectivity index (χ3v) is 9.23. The summed E-state index contributed by atoms with van der Waals surface area (Å²) in [6, 6.07) is 5.58. The molecule has 6 rings (SSSR count). The number of amides is 1. The normalized spacial score (nSPS) is 36.2. The van der Waals surface area contributed by atoms with Crippen molar-refractivity contribution in [2.45, 2.75) is 51.9 Å². The molecule has 0 radical (unpaired) electrons. The molecular weight excluding hydrogens is 360 g/mol. The summed E-state index contributed by atoms with van der Waals surface area (Å²) in [7, 11) is -3.18. The van der Waals surface area contributed by atoms with Crippen LogP contribution in [0.5, 0.6) is 0 Å². The van der Waals surface area contributed by atoms with Gasteiger partial charge < -0.3 is 5.32 Å². The van der Waals surface area contributed by atoms with E-state index in [4.69, 9.17) is 0 Å². The van der Waals surface area contributed by atoms with Crippen LogP contribution in [0.1, 0.15) is 50.5 Å². The first-order valence-electron chi connectivity index (χ1n) is 10.3. The zero-order valence-electron chi connectivity index (χ0n) is 15.9. The van der Waals surface area contributed by atoms with Gasteiger partial charge in [0.15, 0.2) is 0 Å². The second-order valence-corrected chi connectivity index (χ2v) is 11.4. The summed E-state index contributed by atoms with van der Waals surface area (Å²) in [4.78, 5) is 13.2. The fourth-order valence-electron chi connectivity index (χ4n) is 6.52. The number of carbonyl (C=O) groups excluding carboxylic acids is 1. The average molecular weight is 389 g/mol. The number of sulfonamides is 1. The molecule has 4 aliphatic carbocycles. The van der Waals surface area contributed by atoms with Crippen molar-refractivity contribution in [3.63, 3.8) is 0 Å². The number of rotatable bonds is 3. The Labute approximate surface area is 161 Å². The quantitative estimate of drug-likeness (QED) is 0.859. The van der Waals surface area contributed by atoms with Crippen molar-refractivity contribution < 1.29 is 13.2 Å². The van der Waals surface area contributed by atoms with Crippen LogP contribution in [0.2, 0.25) is 0 Å². The minimum Gasteiger partial charge on any atom is -0.325 e. The van der Waals surface area contributed by atoms with E-state index in [1.54, 1.807) is 0 Å². The minimum atomic E-state index is -3.18. The first kappa shape index (κ1) is 17.5. The van der Waals surface area contributed by atoms with E-state index in [1.165, 1.54) is 23.6 Å². The molecule has 1 aromatic rings. The number of carbonyl (C=O) groups is 1. The molecule has 1 amide bonds. The number of anilines is 2. The van der Waals surface area contributed by atoms with Crippen molar-refractivity contribution in [1.82, 2.24) is 0 Å². The van der Waals surface area contributed by atoms with Gasteiger partial charge in [-0.05, 0) is 93.4 Å². The van der Waals surface area contributed by atoms with Crippen LogP contribution in [0.25, 0.3) is 0 Å². The van der Waals surface area contributed by atoms with Gasteiger partial charge in [0.2, 0.25) is 15.9 Å². The lowest BCUT2D eigenvalue weighted by molar-refractivity contribution is -0.140. The highest BCUT2D eigenvalue weighted by Crippen LogP contribution is 2.60. The van der Waals surface area contributed by atoms with Gasteiger partial charge in [0.25, 0.3) is 0 Å². The summed E-state index contributed by atoms with van der Waals surface area (Å²) >= 11 is 0. The Morgan fingerprint density at radius 2 is 1.74 bits per heavy atom. The van der Waals surface area contributed by atoms with Crippen molar-refractivity contribution in [2.24, 2.45) is 23.2 Å². The molecular formula is C21H28N2O3S. The molecule has 0 spiro atoms. The molecule has 1 aliphatic heterocycles. The van der Waals surface area contributed by atoms with Crippen molar-refractivity contribution in [1.29, 1.82) is 0 Å². The molecule has 0 unspecified atom stereocenters. The van der Waals surface area contributed by atoms with Gasteiger partial charge in [-0.3, -0.25) is 9.10 Å².